The Morgan fingerprint density at radius 3 is 2.52 bits per heavy atom. The highest BCUT2D eigenvalue weighted by Gasteiger charge is 2.04. The minimum absolute atomic E-state index is 0.252. The van der Waals surface area contributed by atoms with E-state index >= 15 is 0 Å². The summed E-state index contributed by atoms with van der Waals surface area (Å²) in [5, 5.41) is 8.56. The first-order valence-corrected chi connectivity index (χ1v) is 9.38. The molecule has 0 atom stereocenters. The second-order valence-electron chi connectivity index (χ2n) is 5.71. The largest absolute Gasteiger partial charge is 0.491 e. The predicted octanol–water partition coefficient (Wildman–Crippen LogP) is 4.16. The molecular weight excluding hydrogens is 362 g/mol. The third-order valence-electron chi connectivity index (χ3n) is 3.75. The maximum Gasteiger partial charge on any atom is 0.319 e. The lowest BCUT2D eigenvalue weighted by atomic mass is 10.2. The van der Waals surface area contributed by atoms with Crippen molar-refractivity contribution in [3.05, 3.63) is 65.7 Å². The maximum atomic E-state index is 12.1. The normalized spacial score (nSPS) is 10.4. The number of hydrogen-bond acceptors (Lipinski definition) is 5. The van der Waals surface area contributed by atoms with Crippen LogP contribution < -0.4 is 15.4 Å². The van der Waals surface area contributed by atoms with E-state index in [1.165, 1.54) is 0 Å². The molecule has 0 bridgehead atoms. The molecule has 6 nitrogen and oxygen atoms in total. The van der Waals surface area contributed by atoms with Crippen LogP contribution >= 0.6 is 11.3 Å². The lowest BCUT2D eigenvalue weighted by molar-refractivity contribution is 0.146. The lowest BCUT2D eigenvalue weighted by Crippen LogP contribution is -2.28. The molecule has 2 aromatic carbocycles. The van der Waals surface area contributed by atoms with E-state index in [0.29, 0.717) is 19.8 Å². The van der Waals surface area contributed by atoms with Crippen LogP contribution in [0.1, 0.15) is 5.56 Å². The van der Waals surface area contributed by atoms with Crippen molar-refractivity contribution in [3.8, 4) is 16.3 Å². The molecule has 0 spiro atoms. The van der Waals surface area contributed by atoms with E-state index in [4.69, 9.17) is 9.47 Å². The van der Waals surface area contributed by atoms with Gasteiger partial charge in [-0.25, -0.2) is 9.78 Å². The molecular formula is C20H21N3O3S. The Balaban J connectivity index is 1.45. The van der Waals surface area contributed by atoms with Crippen molar-refractivity contribution >= 4 is 23.1 Å². The van der Waals surface area contributed by atoms with Crippen molar-refractivity contribution in [2.75, 3.05) is 25.6 Å². The van der Waals surface area contributed by atoms with Crippen LogP contribution in [0.3, 0.4) is 0 Å². The van der Waals surface area contributed by atoms with Crippen LogP contribution in [-0.4, -0.2) is 31.3 Å². The number of aromatic nitrogens is 1. The number of benzene rings is 2. The topological polar surface area (TPSA) is 72.5 Å². The van der Waals surface area contributed by atoms with Crippen molar-refractivity contribution in [1.29, 1.82) is 0 Å². The predicted molar refractivity (Wildman–Crippen MR) is 107 cm³/mol. The van der Waals surface area contributed by atoms with Gasteiger partial charge in [-0.1, -0.05) is 12.1 Å². The fourth-order valence-electron chi connectivity index (χ4n) is 2.37. The molecule has 0 radical (unpaired) electrons. The molecule has 3 aromatic rings. The van der Waals surface area contributed by atoms with Crippen LogP contribution in [0, 0.1) is 0 Å². The van der Waals surface area contributed by atoms with Crippen LogP contribution in [0.15, 0.2) is 60.1 Å². The monoisotopic (exact) mass is 383 g/mol. The van der Waals surface area contributed by atoms with Crippen LogP contribution in [0.5, 0.6) is 5.75 Å². The molecule has 27 heavy (non-hydrogen) atoms. The minimum atomic E-state index is -0.252. The maximum absolute atomic E-state index is 12.1. The van der Waals surface area contributed by atoms with Crippen molar-refractivity contribution in [2.45, 2.75) is 6.54 Å². The number of nitrogens with one attached hydrogen (secondary N) is 2. The fourth-order valence-corrected chi connectivity index (χ4v) is 3.01. The Labute approximate surface area is 162 Å². The quantitative estimate of drug-likeness (QED) is 0.573. The Hall–Kier alpha value is -2.90. The number of anilines is 1. The van der Waals surface area contributed by atoms with Gasteiger partial charge in [-0.15, -0.1) is 11.3 Å². The Kier molecular flexibility index (Phi) is 6.78. The van der Waals surface area contributed by atoms with E-state index in [1.807, 2.05) is 53.9 Å². The first-order valence-electron chi connectivity index (χ1n) is 8.50. The first kappa shape index (κ1) is 18.9. The van der Waals surface area contributed by atoms with Gasteiger partial charge in [0.05, 0.1) is 6.61 Å². The molecule has 2 N–H and O–H groups in total. The molecule has 2 amide bonds. The molecule has 1 heterocycles. The number of carbonyl (C=O) groups excluding carboxylic acids is 1. The van der Waals surface area contributed by atoms with Gasteiger partial charge >= 0.3 is 6.03 Å². The molecule has 0 unspecified atom stereocenters. The van der Waals surface area contributed by atoms with Gasteiger partial charge in [0, 0.05) is 36.5 Å². The number of ether oxygens (including phenoxy) is 2. The summed E-state index contributed by atoms with van der Waals surface area (Å²) < 4.78 is 10.5. The van der Waals surface area contributed by atoms with Gasteiger partial charge in [0.1, 0.15) is 17.4 Å². The van der Waals surface area contributed by atoms with Gasteiger partial charge in [0.15, 0.2) is 0 Å². The lowest BCUT2D eigenvalue weighted by Gasteiger charge is -2.09. The summed E-state index contributed by atoms with van der Waals surface area (Å²) in [6, 6.07) is 15.0. The number of carbonyl (C=O) groups is 1. The molecule has 0 aliphatic heterocycles. The number of hydrogen-bond donors (Lipinski definition) is 2. The fraction of sp³-hybridized carbons (Fsp3) is 0.200. The summed E-state index contributed by atoms with van der Waals surface area (Å²) in [6.45, 7) is 1.49. The smallest absolute Gasteiger partial charge is 0.319 e. The zero-order valence-corrected chi connectivity index (χ0v) is 15.8. The number of amides is 2. The molecule has 0 fully saturated rings. The van der Waals surface area contributed by atoms with Gasteiger partial charge in [-0.3, -0.25) is 0 Å². The molecule has 140 valence electrons. The van der Waals surface area contributed by atoms with Crippen LogP contribution in [-0.2, 0) is 11.3 Å². The van der Waals surface area contributed by atoms with E-state index in [1.54, 1.807) is 24.6 Å². The van der Waals surface area contributed by atoms with E-state index in [2.05, 4.69) is 15.6 Å². The number of nitrogens with zero attached hydrogens (tertiary/aromatic N) is 1. The van der Waals surface area contributed by atoms with Gasteiger partial charge < -0.3 is 20.1 Å². The molecule has 0 aliphatic rings. The molecule has 0 saturated carbocycles. The molecule has 0 saturated heterocycles. The number of methoxy groups -OCH3 is 1. The molecule has 3 rings (SSSR count). The molecule has 7 heteroatoms. The number of rotatable bonds is 8. The van der Waals surface area contributed by atoms with Gasteiger partial charge in [-0.05, 0) is 42.0 Å². The van der Waals surface area contributed by atoms with Crippen LogP contribution in [0.4, 0.5) is 10.5 Å². The van der Waals surface area contributed by atoms with Gasteiger partial charge in [0.2, 0.25) is 0 Å². The summed E-state index contributed by atoms with van der Waals surface area (Å²) in [7, 11) is 1.64. The van der Waals surface area contributed by atoms with E-state index in [0.717, 1.165) is 27.6 Å². The third kappa shape index (κ3) is 5.80. The zero-order valence-electron chi connectivity index (χ0n) is 15.0. The second-order valence-corrected chi connectivity index (χ2v) is 6.60. The Morgan fingerprint density at radius 2 is 1.85 bits per heavy atom. The second kappa shape index (κ2) is 9.70. The van der Waals surface area contributed by atoms with Crippen molar-refractivity contribution in [2.24, 2.45) is 0 Å². The van der Waals surface area contributed by atoms with Crippen molar-refractivity contribution in [3.63, 3.8) is 0 Å². The summed E-state index contributed by atoms with van der Waals surface area (Å²) in [4.78, 5) is 16.3. The van der Waals surface area contributed by atoms with Crippen LogP contribution in [0.2, 0.25) is 0 Å². The van der Waals surface area contributed by atoms with Gasteiger partial charge in [-0.2, -0.15) is 0 Å². The Bertz CT molecular complexity index is 834. The number of thiazole rings is 1. The highest BCUT2D eigenvalue weighted by atomic mass is 32.1. The van der Waals surface area contributed by atoms with E-state index in [9.17, 15) is 4.79 Å². The Morgan fingerprint density at radius 1 is 1.07 bits per heavy atom. The highest BCUT2D eigenvalue weighted by Crippen LogP contribution is 2.23. The standard InChI is InChI=1S/C20H21N3O3S/c1-25-11-12-26-18-8-2-15(3-9-18)14-22-20(24)23-17-6-4-16(5-7-17)19-21-10-13-27-19/h2-10,13H,11-12,14H2,1H3,(H2,22,23,24). The van der Waals surface area contributed by atoms with Crippen LogP contribution in [0.25, 0.3) is 10.6 Å². The highest BCUT2D eigenvalue weighted by molar-refractivity contribution is 7.13. The first-order chi connectivity index (χ1) is 13.2. The molecule has 1 aromatic heterocycles. The summed E-state index contributed by atoms with van der Waals surface area (Å²) in [5.74, 6) is 0.778. The third-order valence-corrected chi connectivity index (χ3v) is 4.58. The summed E-state index contributed by atoms with van der Waals surface area (Å²) in [6.07, 6.45) is 1.78. The van der Waals surface area contributed by atoms with E-state index < -0.39 is 0 Å². The van der Waals surface area contributed by atoms with Crippen molar-refractivity contribution < 1.29 is 14.3 Å². The number of urea groups is 1. The SMILES string of the molecule is COCCOc1ccc(CNC(=O)Nc2ccc(-c3nccs3)cc2)cc1. The zero-order chi connectivity index (χ0) is 18.9. The van der Waals surface area contributed by atoms with Crippen molar-refractivity contribution in [1.82, 2.24) is 10.3 Å². The molecule has 0 aliphatic carbocycles. The van der Waals surface area contributed by atoms with Gasteiger partial charge in [0.25, 0.3) is 0 Å². The van der Waals surface area contributed by atoms with E-state index in [-0.39, 0.29) is 6.03 Å². The summed E-state index contributed by atoms with van der Waals surface area (Å²) in [5.41, 5.74) is 2.75. The summed E-state index contributed by atoms with van der Waals surface area (Å²) >= 11 is 1.58. The average molecular weight is 383 g/mol. The average Bonchev–Trinajstić information content (AvgIpc) is 3.23. The minimum Gasteiger partial charge on any atom is -0.491 e.